The maximum Gasteiger partial charge on any atom is 0.0885 e. The van der Waals surface area contributed by atoms with Crippen molar-refractivity contribution in [1.29, 1.82) is 0 Å². The molecule has 88 valence electrons. The molecule has 2 heteroatoms. The minimum absolute atomic E-state index is 0.392. The van der Waals surface area contributed by atoms with Crippen LogP contribution in [0.15, 0.2) is 37.1 Å². The summed E-state index contributed by atoms with van der Waals surface area (Å²) in [4.78, 5) is 0. The highest BCUT2D eigenvalue weighted by molar-refractivity contribution is 5.24. The Labute approximate surface area is 98.3 Å². The highest BCUT2D eigenvalue weighted by atomic mass is 16.5. The molecule has 0 aliphatic carbocycles. The van der Waals surface area contributed by atoms with Gasteiger partial charge in [-0.1, -0.05) is 36.4 Å². The third kappa shape index (κ3) is 4.49. The normalized spacial score (nSPS) is 12.1. The Balaban J connectivity index is 2.29. The van der Waals surface area contributed by atoms with Crippen molar-refractivity contribution in [2.24, 2.45) is 0 Å². The van der Waals surface area contributed by atoms with Gasteiger partial charge in [0.05, 0.1) is 12.9 Å². The minimum atomic E-state index is 0.392. The van der Waals surface area contributed by atoms with Gasteiger partial charge in [-0.05, 0) is 32.4 Å². The van der Waals surface area contributed by atoms with Crippen LogP contribution in [0.4, 0.5) is 0 Å². The molecule has 0 aromatic heterocycles. The van der Waals surface area contributed by atoms with Gasteiger partial charge in [-0.25, -0.2) is 0 Å². The summed E-state index contributed by atoms with van der Waals surface area (Å²) in [5.74, 6) is 0. The summed E-state index contributed by atoms with van der Waals surface area (Å²) in [5.41, 5.74) is 2.64. The molecule has 0 saturated heterocycles. The summed E-state index contributed by atoms with van der Waals surface area (Å²) >= 11 is 0. The first kappa shape index (κ1) is 12.8. The summed E-state index contributed by atoms with van der Waals surface area (Å²) in [6.45, 7) is 9.51. The first-order valence-corrected chi connectivity index (χ1v) is 5.76. The zero-order valence-corrected chi connectivity index (χ0v) is 10.2. The van der Waals surface area contributed by atoms with E-state index in [1.807, 2.05) is 0 Å². The van der Waals surface area contributed by atoms with E-state index in [1.165, 1.54) is 17.4 Å². The molecule has 1 rings (SSSR count). The molecule has 2 nitrogen and oxygen atoms in total. The average Bonchev–Trinajstić information content (AvgIpc) is 2.28. The van der Waals surface area contributed by atoms with E-state index >= 15 is 0 Å². The van der Waals surface area contributed by atoms with E-state index in [2.05, 4.69) is 50.0 Å². The molecular formula is C14H21NO. The first-order valence-electron chi connectivity index (χ1n) is 5.76. The predicted octanol–water partition coefficient (Wildman–Crippen LogP) is 3.20. The molecule has 0 aliphatic rings. The van der Waals surface area contributed by atoms with E-state index in [9.17, 15) is 0 Å². The molecule has 0 amide bonds. The number of nitrogens with one attached hydrogen (secondary N) is 1. The van der Waals surface area contributed by atoms with Crippen LogP contribution in [0.5, 0.6) is 0 Å². The van der Waals surface area contributed by atoms with E-state index in [0.717, 1.165) is 19.6 Å². The lowest BCUT2D eigenvalue weighted by molar-refractivity contribution is 0.243. The van der Waals surface area contributed by atoms with Gasteiger partial charge in [0.15, 0.2) is 0 Å². The van der Waals surface area contributed by atoms with Crippen LogP contribution in [0.1, 0.15) is 30.5 Å². The molecule has 16 heavy (non-hydrogen) atoms. The molecule has 0 spiro atoms. The van der Waals surface area contributed by atoms with Crippen molar-refractivity contribution < 1.29 is 4.74 Å². The number of hydrogen-bond donors (Lipinski definition) is 1. The predicted molar refractivity (Wildman–Crippen MR) is 68.4 cm³/mol. The Morgan fingerprint density at radius 1 is 1.50 bits per heavy atom. The van der Waals surface area contributed by atoms with E-state index in [4.69, 9.17) is 4.74 Å². The monoisotopic (exact) mass is 219 g/mol. The zero-order valence-electron chi connectivity index (χ0n) is 10.2. The van der Waals surface area contributed by atoms with Crippen LogP contribution >= 0.6 is 0 Å². The van der Waals surface area contributed by atoms with Crippen LogP contribution < -0.4 is 5.32 Å². The number of rotatable bonds is 7. The Morgan fingerprint density at radius 3 is 3.00 bits per heavy atom. The fraction of sp³-hybridized carbons (Fsp3) is 0.429. The van der Waals surface area contributed by atoms with Crippen LogP contribution in [0.2, 0.25) is 0 Å². The molecule has 0 saturated carbocycles. The SMILES string of the molecule is C=COCCCNC(C)c1cccc(C)c1. The Bertz CT molecular complexity index is 322. The molecule has 0 aliphatic heterocycles. The molecule has 1 atom stereocenters. The standard InChI is InChI=1S/C14H21NO/c1-4-16-10-6-9-15-13(3)14-8-5-7-12(2)11-14/h4-5,7-8,11,13,15H,1,6,9-10H2,2-3H3. The van der Waals surface area contributed by atoms with Gasteiger partial charge in [-0.3, -0.25) is 0 Å². The quantitative estimate of drug-likeness (QED) is 0.561. The lowest BCUT2D eigenvalue weighted by Crippen LogP contribution is -2.20. The van der Waals surface area contributed by atoms with Gasteiger partial charge in [0.25, 0.3) is 0 Å². The molecular weight excluding hydrogens is 198 g/mol. The van der Waals surface area contributed by atoms with E-state index < -0.39 is 0 Å². The number of aryl methyl sites for hydroxylation is 1. The molecule has 1 aromatic rings. The second-order valence-electron chi connectivity index (χ2n) is 3.98. The lowest BCUT2D eigenvalue weighted by atomic mass is 10.1. The summed E-state index contributed by atoms with van der Waals surface area (Å²) in [5, 5.41) is 3.47. The topological polar surface area (TPSA) is 21.3 Å². The second-order valence-corrected chi connectivity index (χ2v) is 3.98. The van der Waals surface area contributed by atoms with Gasteiger partial charge in [-0.15, -0.1) is 0 Å². The Kier molecular flexibility index (Phi) is 5.65. The van der Waals surface area contributed by atoms with Crippen molar-refractivity contribution in [1.82, 2.24) is 5.32 Å². The highest BCUT2D eigenvalue weighted by Crippen LogP contribution is 2.13. The van der Waals surface area contributed by atoms with Gasteiger partial charge in [0.1, 0.15) is 0 Å². The van der Waals surface area contributed by atoms with E-state index in [0.29, 0.717) is 6.04 Å². The molecule has 0 fully saturated rings. The Morgan fingerprint density at radius 2 is 2.31 bits per heavy atom. The van der Waals surface area contributed by atoms with Crippen LogP contribution in [-0.2, 0) is 4.74 Å². The number of benzene rings is 1. The molecule has 0 bridgehead atoms. The third-order valence-corrected chi connectivity index (χ3v) is 2.55. The molecule has 1 aromatic carbocycles. The molecule has 0 radical (unpaired) electrons. The van der Waals surface area contributed by atoms with Crippen LogP contribution in [0.25, 0.3) is 0 Å². The van der Waals surface area contributed by atoms with Crippen molar-refractivity contribution in [2.75, 3.05) is 13.2 Å². The average molecular weight is 219 g/mol. The summed E-state index contributed by atoms with van der Waals surface area (Å²) < 4.78 is 5.06. The molecule has 1 N–H and O–H groups in total. The van der Waals surface area contributed by atoms with Crippen LogP contribution in [0.3, 0.4) is 0 Å². The van der Waals surface area contributed by atoms with E-state index in [-0.39, 0.29) is 0 Å². The highest BCUT2D eigenvalue weighted by Gasteiger charge is 2.03. The summed E-state index contributed by atoms with van der Waals surface area (Å²) in [6.07, 6.45) is 2.49. The van der Waals surface area contributed by atoms with Gasteiger partial charge in [0, 0.05) is 6.04 Å². The first-order chi connectivity index (χ1) is 7.74. The van der Waals surface area contributed by atoms with Crippen molar-refractivity contribution in [2.45, 2.75) is 26.3 Å². The fourth-order valence-electron chi connectivity index (χ4n) is 1.61. The maximum atomic E-state index is 5.06. The lowest BCUT2D eigenvalue weighted by Gasteiger charge is -2.14. The largest absolute Gasteiger partial charge is 0.502 e. The molecule has 1 unspecified atom stereocenters. The smallest absolute Gasteiger partial charge is 0.0885 e. The van der Waals surface area contributed by atoms with E-state index in [1.54, 1.807) is 0 Å². The van der Waals surface area contributed by atoms with Crippen molar-refractivity contribution >= 4 is 0 Å². The van der Waals surface area contributed by atoms with Crippen molar-refractivity contribution in [3.63, 3.8) is 0 Å². The summed E-state index contributed by atoms with van der Waals surface area (Å²) in [6, 6.07) is 8.99. The number of ether oxygens (including phenoxy) is 1. The fourth-order valence-corrected chi connectivity index (χ4v) is 1.61. The number of hydrogen-bond acceptors (Lipinski definition) is 2. The second kappa shape index (κ2) is 7.07. The maximum absolute atomic E-state index is 5.06. The minimum Gasteiger partial charge on any atom is -0.502 e. The van der Waals surface area contributed by atoms with Crippen molar-refractivity contribution in [3.05, 3.63) is 48.2 Å². The Hall–Kier alpha value is -1.28. The summed E-state index contributed by atoms with van der Waals surface area (Å²) in [7, 11) is 0. The van der Waals surface area contributed by atoms with Gasteiger partial charge in [-0.2, -0.15) is 0 Å². The van der Waals surface area contributed by atoms with Gasteiger partial charge < -0.3 is 10.1 Å². The van der Waals surface area contributed by atoms with Crippen LogP contribution in [0, 0.1) is 6.92 Å². The van der Waals surface area contributed by atoms with Crippen molar-refractivity contribution in [3.8, 4) is 0 Å². The van der Waals surface area contributed by atoms with Gasteiger partial charge >= 0.3 is 0 Å². The zero-order chi connectivity index (χ0) is 11.8. The van der Waals surface area contributed by atoms with Gasteiger partial charge in [0.2, 0.25) is 0 Å². The van der Waals surface area contributed by atoms with Crippen LogP contribution in [-0.4, -0.2) is 13.2 Å². The third-order valence-electron chi connectivity index (χ3n) is 2.55. The molecule has 0 heterocycles.